The molecule has 27 heavy (non-hydrogen) atoms. The fourth-order valence-electron chi connectivity index (χ4n) is 3.00. The highest BCUT2D eigenvalue weighted by molar-refractivity contribution is 5.96. The Balaban J connectivity index is 2.12. The first-order valence-corrected chi connectivity index (χ1v) is 9.15. The maximum absolute atomic E-state index is 12.5. The summed E-state index contributed by atoms with van der Waals surface area (Å²) in [5, 5.41) is 2.97. The van der Waals surface area contributed by atoms with Crippen LogP contribution < -0.4 is 15.0 Å². The van der Waals surface area contributed by atoms with E-state index in [0.717, 1.165) is 16.8 Å². The molecule has 0 heterocycles. The molecule has 2 aromatic carbocycles. The van der Waals surface area contributed by atoms with Crippen LogP contribution in [0.15, 0.2) is 42.5 Å². The Labute approximate surface area is 161 Å². The van der Waals surface area contributed by atoms with Crippen LogP contribution in [0.1, 0.15) is 44.2 Å². The van der Waals surface area contributed by atoms with Gasteiger partial charge in [-0.05, 0) is 42.2 Å². The molecule has 5 heteroatoms. The van der Waals surface area contributed by atoms with E-state index in [4.69, 9.17) is 4.74 Å². The number of carbonyl (C=O) groups is 2. The highest BCUT2D eigenvalue weighted by Gasteiger charge is 2.18. The van der Waals surface area contributed by atoms with Gasteiger partial charge in [-0.15, -0.1) is 0 Å². The molecule has 2 amide bonds. The average Bonchev–Trinajstić information content (AvgIpc) is 2.62. The first-order chi connectivity index (χ1) is 12.8. The molecule has 1 N–H and O–H groups in total. The van der Waals surface area contributed by atoms with Crippen LogP contribution in [0.2, 0.25) is 0 Å². The lowest BCUT2D eigenvalue weighted by Gasteiger charge is -2.23. The van der Waals surface area contributed by atoms with Crippen molar-refractivity contribution < 1.29 is 14.3 Å². The fraction of sp³-hybridized carbons (Fsp3) is 0.364. The summed E-state index contributed by atoms with van der Waals surface area (Å²) in [7, 11) is 1.57. The molecule has 144 valence electrons. The van der Waals surface area contributed by atoms with Gasteiger partial charge in [0.05, 0.1) is 12.8 Å². The first-order valence-electron chi connectivity index (χ1n) is 9.15. The zero-order chi connectivity index (χ0) is 20.0. The largest absolute Gasteiger partial charge is 0.495 e. The molecule has 2 aromatic rings. The number of amides is 2. The minimum absolute atomic E-state index is 0.124. The normalized spacial score (nSPS) is 10.6. The lowest BCUT2D eigenvalue weighted by molar-refractivity contribution is -0.117. The number of anilines is 2. The van der Waals surface area contributed by atoms with E-state index in [2.05, 4.69) is 19.2 Å². The van der Waals surface area contributed by atoms with Crippen LogP contribution in [0.3, 0.4) is 0 Å². The van der Waals surface area contributed by atoms with Crippen LogP contribution >= 0.6 is 0 Å². The zero-order valence-corrected chi connectivity index (χ0v) is 16.7. The minimum atomic E-state index is -0.130. The molecule has 0 radical (unpaired) electrons. The van der Waals surface area contributed by atoms with E-state index in [0.29, 0.717) is 17.4 Å². The van der Waals surface area contributed by atoms with Gasteiger partial charge in [-0.2, -0.15) is 0 Å². The van der Waals surface area contributed by atoms with E-state index < -0.39 is 0 Å². The van der Waals surface area contributed by atoms with Gasteiger partial charge in [-0.25, -0.2) is 0 Å². The minimum Gasteiger partial charge on any atom is -0.495 e. The summed E-state index contributed by atoms with van der Waals surface area (Å²) in [6, 6.07) is 13.4. The van der Waals surface area contributed by atoms with Crippen molar-refractivity contribution in [3.63, 3.8) is 0 Å². The molecular formula is C22H28N2O3. The molecule has 0 saturated carbocycles. The summed E-state index contributed by atoms with van der Waals surface area (Å²) in [6.07, 6.45) is 0.198. The molecule has 0 fully saturated rings. The number of carbonyl (C=O) groups excluding carboxylic acids is 2. The van der Waals surface area contributed by atoms with Crippen LogP contribution in [0.4, 0.5) is 11.4 Å². The van der Waals surface area contributed by atoms with Gasteiger partial charge in [-0.1, -0.05) is 38.1 Å². The van der Waals surface area contributed by atoms with E-state index in [1.54, 1.807) is 12.0 Å². The SMILES string of the molecule is COc1ccc(C)cc1N(CCC(=O)Nc1ccccc1C(C)C)C(C)=O. The van der Waals surface area contributed by atoms with E-state index in [9.17, 15) is 9.59 Å². The Bertz CT molecular complexity index is 815. The molecule has 0 atom stereocenters. The number of hydrogen-bond acceptors (Lipinski definition) is 3. The lowest BCUT2D eigenvalue weighted by Crippen LogP contribution is -2.32. The maximum Gasteiger partial charge on any atom is 0.226 e. The van der Waals surface area contributed by atoms with Crippen molar-refractivity contribution in [2.45, 2.75) is 40.0 Å². The molecule has 0 saturated heterocycles. The number of nitrogens with zero attached hydrogens (tertiary/aromatic N) is 1. The van der Waals surface area contributed by atoms with Crippen molar-refractivity contribution in [1.82, 2.24) is 0 Å². The van der Waals surface area contributed by atoms with Gasteiger partial charge >= 0.3 is 0 Å². The third-order valence-electron chi connectivity index (χ3n) is 4.42. The van der Waals surface area contributed by atoms with Gasteiger partial charge < -0.3 is 15.0 Å². The van der Waals surface area contributed by atoms with Gasteiger partial charge in [0.25, 0.3) is 0 Å². The average molecular weight is 368 g/mol. The number of para-hydroxylation sites is 1. The van der Waals surface area contributed by atoms with Crippen molar-refractivity contribution in [1.29, 1.82) is 0 Å². The molecule has 0 aliphatic heterocycles. The molecular weight excluding hydrogens is 340 g/mol. The molecule has 5 nitrogen and oxygen atoms in total. The van der Waals surface area contributed by atoms with Crippen molar-refractivity contribution in [3.05, 3.63) is 53.6 Å². The second-order valence-electron chi connectivity index (χ2n) is 6.89. The summed E-state index contributed by atoms with van der Waals surface area (Å²) >= 11 is 0. The van der Waals surface area contributed by atoms with Crippen LogP contribution in [-0.4, -0.2) is 25.5 Å². The van der Waals surface area contributed by atoms with Gasteiger partial charge in [0.1, 0.15) is 5.75 Å². The van der Waals surface area contributed by atoms with Crippen molar-refractivity contribution >= 4 is 23.2 Å². The number of methoxy groups -OCH3 is 1. The van der Waals surface area contributed by atoms with Crippen molar-refractivity contribution in [3.8, 4) is 5.75 Å². The van der Waals surface area contributed by atoms with Gasteiger partial charge in [-0.3, -0.25) is 9.59 Å². The summed E-state index contributed by atoms with van der Waals surface area (Å²) in [6.45, 7) is 7.91. The topological polar surface area (TPSA) is 58.6 Å². The Kier molecular flexibility index (Phi) is 6.99. The van der Waals surface area contributed by atoms with E-state index in [1.807, 2.05) is 49.4 Å². The van der Waals surface area contributed by atoms with Crippen LogP contribution in [0.5, 0.6) is 5.75 Å². The Morgan fingerprint density at radius 2 is 1.85 bits per heavy atom. The smallest absolute Gasteiger partial charge is 0.226 e. The highest BCUT2D eigenvalue weighted by Crippen LogP contribution is 2.30. The zero-order valence-electron chi connectivity index (χ0n) is 16.7. The first kappa shape index (κ1) is 20.5. The standard InChI is InChI=1S/C22H28N2O3/c1-15(2)18-8-6-7-9-19(18)23-22(26)12-13-24(17(4)25)20-14-16(3)10-11-21(20)27-5/h6-11,14-15H,12-13H2,1-5H3,(H,23,26). The van der Waals surface area contributed by atoms with Crippen LogP contribution in [-0.2, 0) is 9.59 Å². The Morgan fingerprint density at radius 1 is 1.15 bits per heavy atom. The predicted molar refractivity (Wildman–Crippen MR) is 110 cm³/mol. The third kappa shape index (κ3) is 5.33. The summed E-state index contributed by atoms with van der Waals surface area (Å²) < 4.78 is 5.38. The quantitative estimate of drug-likeness (QED) is 0.782. The van der Waals surface area contributed by atoms with E-state index in [1.165, 1.54) is 6.92 Å². The van der Waals surface area contributed by atoms with Crippen LogP contribution in [0, 0.1) is 6.92 Å². The molecule has 0 aromatic heterocycles. The van der Waals surface area contributed by atoms with Crippen molar-refractivity contribution in [2.24, 2.45) is 0 Å². The van der Waals surface area contributed by atoms with Crippen LogP contribution in [0.25, 0.3) is 0 Å². The molecule has 0 aliphatic carbocycles. The maximum atomic E-state index is 12.5. The highest BCUT2D eigenvalue weighted by atomic mass is 16.5. The number of ether oxygens (including phenoxy) is 1. The van der Waals surface area contributed by atoms with Gasteiger partial charge in [0.15, 0.2) is 0 Å². The molecule has 0 spiro atoms. The Hall–Kier alpha value is -2.82. The molecule has 0 aliphatic rings. The van der Waals surface area contributed by atoms with Gasteiger partial charge in [0, 0.05) is 25.6 Å². The van der Waals surface area contributed by atoms with Crippen molar-refractivity contribution in [2.75, 3.05) is 23.9 Å². The number of rotatable bonds is 7. The molecule has 2 rings (SSSR count). The predicted octanol–water partition coefficient (Wildman–Crippen LogP) is 4.51. The number of benzene rings is 2. The molecule has 0 unspecified atom stereocenters. The van der Waals surface area contributed by atoms with E-state index >= 15 is 0 Å². The fourth-order valence-corrected chi connectivity index (χ4v) is 3.00. The monoisotopic (exact) mass is 368 g/mol. The third-order valence-corrected chi connectivity index (χ3v) is 4.42. The summed E-state index contributed by atoms with van der Waals surface area (Å²) in [4.78, 5) is 26.2. The van der Waals surface area contributed by atoms with Gasteiger partial charge in [0.2, 0.25) is 11.8 Å². The Morgan fingerprint density at radius 3 is 2.48 bits per heavy atom. The summed E-state index contributed by atoms with van der Waals surface area (Å²) in [5.41, 5.74) is 3.61. The number of nitrogens with one attached hydrogen (secondary N) is 1. The second-order valence-corrected chi connectivity index (χ2v) is 6.89. The second kappa shape index (κ2) is 9.21. The van der Waals surface area contributed by atoms with E-state index in [-0.39, 0.29) is 24.8 Å². The summed E-state index contributed by atoms with van der Waals surface area (Å²) in [5.74, 6) is 0.670. The lowest BCUT2D eigenvalue weighted by atomic mass is 10.0. The number of hydrogen-bond donors (Lipinski definition) is 1. The molecule has 0 bridgehead atoms. The number of aryl methyl sites for hydroxylation is 1.